The van der Waals surface area contributed by atoms with Gasteiger partial charge in [0.05, 0.1) is 0 Å². The minimum absolute atomic E-state index is 0.0325. The van der Waals surface area contributed by atoms with E-state index in [0.717, 1.165) is 30.5 Å². The second-order valence-electron chi connectivity index (χ2n) is 4.53. The van der Waals surface area contributed by atoms with Crippen LogP contribution in [0.4, 0.5) is 0 Å². The maximum absolute atomic E-state index is 10.2. The van der Waals surface area contributed by atoms with Crippen molar-refractivity contribution in [1.82, 2.24) is 5.32 Å². The highest BCUT2D eigenvalue weighted by molar-refractivity contribution is 5.44. The van der Waals surface area contributed by atoms with E-state index in [0.29, 0.717) is 5.75 Å². The Balaban J connectivity index is 2.43. The lowest BCUT2D eigenvalue weighted by molar-refractivity contribution is 0.391. The third-order valence-electron chi connectivity index (χ3n) is 3.46. The molecule has 2 N–H and O–H groups in total. The van der Waals surface area contributed by atoms with Gasteiger partial charge < -0.3 is 10.4 Å². The largest absolute Gasteiger partial charge is 0.507 e. The monoisotopic (exact) mass is 205 g/mol. The molecule has 0 spiro atoms. The first-order valence-electron chi connectivity index (χ1n) is 5.74. The van der Waals surface area contributed by atoms with Gasteiger partial charge in [-0.3, -0.25) is 0 Å². The van der Waals surface area contributed by atoms with Crippen LogP contribution in [0, 0.1) is 0 Å². The van der Waals surface area contributed by atoms with Crippen molar-refractivity contribution >= 4 is 0 Å². The molecule has 0 radical (unpaired) electrons. The molecule has 1 atom stereocenters. The number of para-hydroxylation sites is 1. The van der Waals surface area contributed by atoms with Crippen LogP contribution in [0.5, 0.6) is 5.75 Å². The van der Waals surface area contributed by atoms with Crippen LogP contribution < -0.4 is 5.32 Å². The Morgan fingerprint density at radius 3 is 2.87 bits per heavy atom. The van der Waals surface area contributed by atoms with Gasteiger partial charge in [0.2, 0.25) is 0 Å². The van der Waals surface area contributed by atoms with Crippen LogP contribution in [0.1, 0.15) is 37.8 Å². The molecule has 0 aliphatic carbocycles. The highest BCUT2D eigenvalue weighted by Gasteiger charge is 2.32. The van der Waals surface area contributed by atoms with E-state index in [1.54, 1.807) is 0 Å². The summed E-state index contributed by atoms with van der Waals surface area (Å²) in [5.41, 5.74) is 2.07. The fourth-order valence-electron chi connectivity index (χ4n) is 2.45. The molecular formula is C13H19NO. The number of rotatable bonds is 2. The molecule has 1 heterocycles. The number of aromatic hydroxyl groups is 1. The fraction of sp³-hybridized carbons (Fsp3) is 0.538. The Morgan fingerprint density at radius 1 is 1.47 bits per heavy atom. The fourth-order valence-corrected chi connectivity index (χ4v) is 2.45. The van der Waals surface area contributed by atoms with Gasteiger partial charge in [0.15, 0.2) is 0 Å². The molecule has 1 aliphatic rings. The molecule has 1 fully saturated rings. The molecular weight excluding hydrogens is 186 g/mol. The second-order valence-corrected chi connectivity index (χ2v) is 4.53. The Labute approximate surface area is 91.3 Å². The van der Waals surface area contributed by atoms with Crippen molar-refractivity contribution in [2.75, 3.05) is 6.54 Å². The predicted molar refractivity (Wildman–Crippen MR) is 62.1 cm³/mol. The average Bonchev–Trinajstić information content (AvgIpc) is 2.66. The lowest BCUT2D eigenvalue weighted by Gasteiger charge is -2.26. The van der Waals surface area contributed by atoms with Crippen molar-refractivity contribution in [3.8, 4) is 5.75 Å². The van der Waals surface area contributed by atoms with E-state index in [4.69, 9.17) is 0 Å². The molecule has 0 saturated carbocycles. The van der Waals surface area contributed by atoms with Crippen molar-refractivity contribution in [1.29, 1.82) is 0 Å². The maximum Gasteiger partial charge on any atom is 0.123 e. The molecule has 1 aliphatic heterocycles. The molecule has 0 bridgehead atoms. The minimum atomic E-state index is -0.0325. The van der Waals surface area contributed by atoms with Crippen molar-refractivity contribution in [3.63, 3.8) is 0 Å². The number of hydrogen-bond acceptors (Lipinski definition) is 2. The molecule has 1 aromatic carbocycles. The number of phenols is 1. The summed E-state index contributed by atoms with van der Waals surface area (Å²) < 4.78 is 0. The van der Waals surface area contributed by atoms with E-state index in [2.05, 4.69) is 19.2 Å². The normalized spacial score (nSPS) is 25.7. The van der Waals surface area contributed by atoms with Gasteiger partial charge in [0, 0.05) is 11.1 Å². The molecule has 2 rings (SSSR count). The highest BCUT2D eigenvalue weighted by atomic mass is 16.3. The SMILES string of the molecule is CCc1cccc(C2(C)CCCN2)c1O. The minimum Gasteiger partial charge on any atom is -0.507 e. The van der Waals surface area contributed by atoms with Gasteiger partial charge in [-0.2, -0.15) is 0 Å². The summed E-state index contributed by atoms with van der Waals surface area (Å²) in [6, 6.07) is 6.07. The smallest absolute Gasteiger partial charge is 0.123 e. The van der Waals surface area contributed by atoms with Crippen LogP contribution in [0.2, 0.25) is 0 Å². The summed E-state index contributed by atoms with van der Waals surface area (Å²) >= 11 is 0. The molecule has 2 heteroatoms. The van der Waals surface area contributed by atoms with E-state index >= 15 is 0 Å². The maximum atomic E-state index is 10.2. The van der Waals surface area contributed by atoms with Crippen LogP contribution in [0.3, 0.4) is 0 Å². The summed E-state index contributed by atoms with van der Waals surface area (Å²) in [7, 11) is 0. The van der Waals surface area contributed by atoms with E-state index in [1.165, 1.54) is 6.42 Å². The van der Waals surface area contributed by atoms with Gasteiger partial charge in [-0.05, 0) is 38.3 Å². The Morgan fingerprint density at radius 2 is 2.27 bits per heavy atom. The Kier molecular flexibility index (Phi) is 2.70. The molecule has 0 amide bonds. The molecule has 2 nitrogen and oxygen atoms in total. The third-order valence-corrected chi connectivity index (χ3v) is 3.46. The van der Waals surface area contributed by atoms with Crippen molar-refractivity contribution in [3.05, 3.63) is 29.3 Å². The van der Waals surface area contributed by atoms with Gasteiger partial charge >= 0.3 is 0 Å². The first-order valence-corrected chi connectivity index (χ1v) is 5.74. The second kappa shape index (κ2) is 3.86. The zero-order chi connectivity index (χ0) is 10.9. The van der Waals surface area contributed by atoms with E-state index in [9.17, 15) is 5.11 Å². The summed E-state index contributed by atoms with van der Waals surface area (Å²) in [5, 5.41) is 13.7. The summed E-state index contributed by atoms with van der Waals surface area (Å²) in [6.45, 7) is 5.30. The summed E-state index contributed by atoms with van der Waals surface area (Å²) in [6.07, 6.45) is 3.18. The summed E-state index contributed by atoms with van der Waals surface area (Å²) in [5.74, 6) is 0.483. The van der Waals surface area contributed by atoms with E-state index < -0.39 is 0 Å². The zero-order valence-electron chi connectivity index (χ0n) is 9.51. The molecule has 1 saturated heterocycles. The Bertz CT molecular complexity index is 354. The number of benzene rings is 1. The molecule has 0 aromatic heterocycles. The van der Waals surface area contributed by atoms with Gasteiger partial charge in [0.1, 0.15) is 5.75 Å². The number of nitrogens with one attached hydrogen (secondary N) is 1. The summed E-state index contributed by atoms with van der Waals surface area (Å²) in [4.78, 5) is 0. The quantitative estimate of drug-likeness (QED) is 0.777. The van der Waals surface area contributed by atoms with Crippen molar-refractivity contribution in [2.45, 2.75) is 38.6 Å². The Hall–Kier alpha value is -1.02. The van der Waals surface area contributed by atoms with Crippen LogP contribution in [0.25, 0.3) is 0 Å². The lowest BCUT2D eigenvalue weighted by atomic mass is 9.88. The van der Waals surface area contributed by atoms with Crippen LogP contribution in [-0.2, 0) is 12.0 Å². The topological polar surface area (TPSA) is 32.3 Å². The molecule has 15 heavy (non-hydrogen) atoms. The van der Waals surface area contributed by atoms with Gasteiger partial charge in [-0.25, -0.2) is 0 Å². The van der Waals surface area contributed by atoms with Gasteiger partial charge in [0.25, 0.3) is 0 Å². The number of aryl methyl sites for hydroxylation is 1. The van der Waals surface area contributed by atoms with Gasteiger partial charge in [-0.15, -0.1) is 0 Å². The molecule has 82 valence electrons. The lowest BCUT2D eigenvalue weighted by Crippen LogP contribution is -2.33. The number of hydrogen-bond donors (Lipinski definition) is 2. The van der Waals surface area contributed by atoms with Crippen LogP contribution >= 0.6 is 0 Å². The van der Waals surface area contributed by atoms with E-state index in [-0.39, 0.29) is 5.54 Å². The number of phenolic OH excluding ortho intramolecular Hbond substituents is 1. The molecule has 1 unspecified atom stereocenters. The van der Waals surface area contributed by atoms with E-state index in [1.807, 2.05) is 18.2 Å². The third kappa shape index (κ3) is 1.74. The van der Waals surface area contributed by atoms with Crippen molar-refractivity contribution in [2.24, 2.45) is 0 Å². The van der Waals surface area contributed by atoms with Crippen LogP contribution in [-0.4, -0.2) is 11.7 Å². The first-order chi connectivity index (χ1) is 7.17. The van der Waals surface area contributed by atoms with Gasteiger partial charge in [-0.1, -0.05) is 25.1 Å². The molecule has 1 aromatic rings. The standard InChI is InChI=1S/C13H19NO/c1-3-10-6-4-7-11(12(10)15)13(2)8-5-9-14-13/h4,6-7,14-15H,3,5,8-9H2,1-2H3. The highest BCUT2D eigenvalue weighted by Crippen LogP contribution is 2.37. The zero-order valence-corrected chi connectivity index (χ0v) is 9.51. The predicted octanol–water partition coefficient (Wildman–Crippen LogP) is 2.55. The van der Waals surface area contributed by atoms with Crippen molar-refractivity contribution < 1.29 is 5.11 Å². The first kappa shape index (κ1) is 10.5. The average molecular weight is 205 g/mol. The van der Waals surface area contributed by atoms with Crippen LogP contribution in [0.15, 0.2) is 18.2 Å².